The van der Waals surface area contributed by atoms with Crippen molar-refractivity contribution in [3.05, 3.63) is 93.2 Å². The Morgan fingerprint density at radius 1 is 1.07 bits per heavy atom. The number of hydrogen-bond donors (Lipinski definition) is 1. The lowest BCUT2D eigenvalue weighted by molar-refractivity contribution is 0.0947. The molecule has 0 bridgehead atoms. The molecule has 0 aliphatic heterocycles. The Kier molecular flexibility index (Phi) is 5.40. The molecule has 27 heavy (non-hydrogen) atoms. The number of carbonyl (C=O) groups is 1. The van der Waals surface area contributed by atoms with Gasteiger partial charge in [0, 0.05) is 4.88 Å². The van der Waals surface area contributed by atoms with Crippen molar-refractivity contribution in [3.8, 4) is 0 Å². The van der Waals surface area contributed by atoms with Gasteiger partial charge in [0.1, 0.15) is 0 Å². The van der Waals surface area contributed by atoms with Crippen LogP contribution in [0.1, 0.15) is 57.0 Å². The molecule has 0 spiro atoms. The summed E-state index contributed by atoms with van der Waals surface area (Å²) in [6, 6.07) is 22.4. The van der Waals surface area contributed by atoms with Gasteiger partial charge in [-0.15, -0.1) is 11.3 Å². The first-order valence-electron chi connectivity index (χ1n) is 9.77. The topological polar surface area (TPSA) is 29.1 Å². The van der Waals surface area contributed by atoms with E-state index < -0.39 is 0 Å². The Bertz CT molecular complexity index is 861. The van der Waals surface area contributed by atoms with Gasteiger partial charge in [-0.3, -0.25) is 4.79 Å². The average Bonchev–Trinajstić information content (AvgIpc) is 3.16. The van der Waals surface area contributed by atoms with E-state index >= 15 is 0 Å². The second kappa shape index (κ2) is 8.10. The Morgan fingerprint density at radius 3 is 2.30 bits per heavy atom. The Labute approximate surface area is 165 Å². The van der Waals surface area contributed by atoms with E-state index in [4.69, 9.17) is 0 Å². The first-order chi connectivity index (χ1) is 13.2. The summed E-state index contributed by atoms with van der Waals surface area (Å²) >= 11 is 1.68. The maximum absolute atomic E-state index is 13.1. The van der Waals surface area contributed by atoms with Gasteiger partial charge in [-0.05, 0) is 47.9 Å². The molecule has 3 heteroatoms. The number of rotatable bonds is 5. The van der Waals surface area contributed by atoms with Crippen molar-refractivity contribution < 1.29 is 4.79 Å². The summed E-state index contributed by atoms with van der Waals surface area (Å²) in [4.78, 5) is 15.3. The van der Waals surface area contributed by atoms with E-state index in [0.29, 0.717) is 0 Å². The van der Waals surface area contributed by atoms with E-state index in [1.165, 1.54) is 23.3 Å². The summed E-state index contributed by atoms with van der Waals surface area (Å²) < 4.78 is 0. The second-order valence-corrected chi connectivity index (χ2v) is 8.44. The second-order valence-electron chi connectivity index (χ2n) is 7.30. The van der Waals surface area contributed by atoms with Crippen LogP contribution in [-0.2, 0) is 12.8 Å². The molecular weight excluding hydrogens is 350 g/mol. The molecule has 1 atom stereocenters. The fourth-order valence-corrected chi connectivity index (χ4v) is 5.02. The summed E-state index contributed by atoms with van der Waals surface area (Å²) in [5.74, 6) is 0.796. The first-order valence-corrected chi connectivity index (χ1v) is 10.6. The monoisotopic (exact) mass is 375 g/mol. The fraction of sp³-hybridized carbons (Fsp3) is 0.292. The zero-order valence-electron chi connectivity index (χ0n) is 15.7. The van der Waals surface area contributed by atoms with Gasteiger partial charge in [-0.25, -0.2) is 0 Å². The summed E-state index contributed by atoms with van der Waals surface area (Å²) in [7, 11) is 0. The lowest BCUT2D eigenvalue weighted by atomic mass is 9.87. The minimum absolute atomic E-state index is 0.0279. The summed E-state index contributed by atoms with van der Waals surface area (Å²) in [6.45, 7) is 2.26. The zero-order chi connectivity index (χ0) is 18.6. The van der Waals surface area contributed by atoms with Crippen LogP contribution in [0, 0.1) is 5.92 Å². The van der Waals surface area contributed by atoms with Gasteiger partial charge in [0.2, 0.25) is 0 Å². The Balaban J connectivity index is 1.59. The van der Waals surface area contributed by atoms with Gasteiger partial charge < -0.3 is 5.32 Å². The summed E-state index contributed by atoms with van der Waals surface area (Å²) in [5.41, 5.74) is 3.59. The third-order valence-corrected chi connectivity index (χ3v) is 6.76. The van der Waals surface area contributed by atoms with Crippen molar-refractivity contribution in [2.45, 2.75) is 38.6 Å². The van der Waals surface area contributed by atoms with Crippen LogP contribution in [0.25, 0.3) is 0 Å². The molecule has 1 aliphatic rings. The number of amides is 1. The maximum atomic E-state index is 13.1. The molecule has 3 aromatic rings. The van der Waals surface area contributed by atoms with E-state index in [9.17, 15) is 4.79 Å². The Morgan fingerprint density at radius 2 is 1.70 bits per heavy atom. The third kappa shape index (κ3) is 3.98. The normalized spacial score (nSPS) is 16.1. The van der Waals surface area contributed by atoms with Gasteiger partial charge in [0.15, 0.2) is 0 Å². The third-order valence-electron chi connectivity index (χ3n) is 5.53. The molecular formula is C24H25NOS. The number of benzene rings is 2. The average molecular weight is 376 g/mol. The van der Waals surface area contributed by atoms with E-state index in [0.717, 1.165) is 34.8 Å². The van der Waals surface area contributed by atoms with Crippen LogP contribution in [0.3, 0.4) is 0 Å². The highest BCUT2D eigenvalue weighted by Crippen LogP contribution is 2.34. The van der Waals surface area contributed by atoms with E-state index in [1.807, 2.05) is 36.4 Å². The van der Waals surface area contributed by atoms with Crippen LogP contribution >= 0.6 is 11.3 Å². The molecule has 0 saturated heterocycles. The SMILES string of the molecule is CC[C@H]1CCc2sc(C(=O)NC(c3ccccc3)c3ccccc3)cc2C1. The van der Waals surface area contributed by atoms with Crippen LogP contribution < -0.4 is 5.32 Å². The lowest BCUT2D eigenvalue weighted by Gasteiger charge is -2.19. The maximum Gasteiger partial charge on any atom is 0.262 e. The number of aryl methyl sites for hydroxylation is 1. The van der Waals surface area contributed by atoms with Crippen molar-refractivity contribution in [2.24, 2.45) is 5.92 Å². The molecule has 4 rings (SSSR count). The standard InChI is InChI=1S/C24H25NOS/c1-2-17-13-14-21-20(15-17)16-22(27-21)24(26)25-23(18-9-5-3-6-10-18)19-11-7-4-8-12-19/h3-12,16-17,23H,2,13-15H2,1H3,(H,25,26)/t17-/m0/s1. The van der Waals surface area contributed by atoms with Crippen molar-refractivity contribution >= 4 is 17.2 Å². The molecule has 1 aliphatic carbocycles. The van der Waals surface area contributed by atoms with Crippen molar-refractivity contribution in [1.29, 1.82) is 0 Å². The van der Waals surface area contributed by atoms with Crippen molar-refractivity contribution in [1.82, 2.24) is 5.32 Å². The Hall–Kier alpha value is -2.39. The summed E-state index contributed by atoms with van der Waals surface area (Å²) in [6.07, 6.45) is 4.71. The largest absolute Gasteiger partial charge is 0.340 e. The molecule has 0 unspecified atom stereocenters. The molecule has 0 saturated carbocycles. The quantitative estimate of drug-likeness (QED) is 0.601. The molecule has 1 heterocycles. The molecule has 2 nitrogen and oxygen atoms in total. The lowest BCUT2D eigenvalue weighted by Crippen LogP contribution is -2.28. The number of carbonyl (C=O) groups excluding carboxylic acids is 1. The smallest absolute Gasteiger partial charge is 0.262 e. The minimum atomic E-state index is -0.137. The van der Waals surface area contributed by atoms with Crippen LogP contribution in [0.2, 0.25) is 0 Å². The van der Waals surface area contributed by atoms with Gasteiger partial charge in [-0.1, -0.05) is 74.0 Å². The van der Waals surface area contributed by atoms with Gasteiger partial charge >= 0.3 is 0 Å². The minimum Gasteiger partial charge on any atom is -0.340 e. The molecule has 1 amide bonds. The molecule has 2 aromatic carbocycles. The van der Waals surface area contributed by atoms with Gasteiger partial charge in [0.05, 0.1) is 10.9 Å². The van der Waals surface area contributed by atoms with Gasteiger partial charge in [-0.2, -0.15) is 0 Å². The predicted molar refractivity (Wildman–Crippen MR) is 112 cm³/mol. The highest BCUT2D eigenvalue weighted by Gasteiger charge is 2.24. The number of hydrogen-bond acceptors (Lipinski definition) is 2. The van der Waals surface area contributed by atoms with Crippen LogP contribution in [0.15, 0.2) is 66.7 Å². The van der Waals surface area contributed by atoms with Crippen LogP contribution in [-0.4, -0.2) is 5.91 Å². The van der Waals surface area contributed by atoms with Crippen molar-refractivity contribution in [2.75, 3.05) is 0 Å². The molecule has 1 aromatic heterocycles. The number of thiophene rings is 1. The van der Waals surface area contributed by atoms with Crippen LogP contribution in [0.5, 0.6) is 0 Å². The highest BCUT2D eigenvalue weighted by molar-refractivity contribution is 7.14. The number of nitrogens with one attached hydrogen (secondary N) is 1. The van der Waals surface area contributed by atoms with Crippen molar-refractivity contribution in [3.63, 3.8) is 0 Å². The zero-order valence-corrected chi connectivity index (χ0v) is 16.5. The van der Waals surface area contributed by atoms with E-state index in [-0.39, 0.29) is 11.9 Å². The highest BCUT2D eigenvalue weighted by atomic mass is 32.1. The van der Waals surface area contributed by atoms with Gasteiger partial charge in [0.25, 0.3) is 5.91 Å². The molecule has 138 valence electrons. The molecule has 0 radical (unpaired) electrons. The van der Waals surface area contributed by atoms with E-state index in [2.05, 4.69) is 42.6 Å². The molecule has 1 N–H and O–H groups in total. The van der Waals surface area contributed by atoms with E-state index in [1.54, 1.807) is 11.3 Å². The predicted octanol–water partition coefficient (Wildman–Crippen LogP) is 5.78. The number of fused-ring (bicyclic) bond motifs is 1. The molecule has 0 fully saturated rings. The van der Waals surface area contributed by atoms with Crippen LogP contribution in [0.4, 0.5) is 0 Å². The first kappa shape index (κ1) is 18.0. The summed E-state index contributed by atoms with van der Waals surface area (Å²) in [5, 5.41) is 3.27. The fourth-order valence-electron chi connectivity index (χ4n) is 3.91.